The van der Waals surface area contributed by atoms with E-state index < -0.39 is 15.7 Å². The SMILES string of the molecule is CS(=O)(=O)Nc1ccccc1C(N)(O)CCCOc1ccc2c(c1)[nH]c1ccccc12. The molecule has 3 aromatic carbocycles. The molecule has 1 atom stereocenters. The summed E-state index contributed by atoms with van der Waals surface area (Å²) in [4.78, 5) is 3.38. The molecule has 5 N–H and O–H groups in total. The van der Waals surface area contributed by atoms with E-state index >= 15 is 0 Å². The first-order valence-corrected chi connectivity index (χ1v) is 11.8. The second kappa shape index (κ2) is 8.22. The first-order valence-electron chi connectivity index (χ1n) is 9.95. The molecule has 0 aliphatic carbocycles. The van der Waals surface area contributed by atoms with E-state index in [4.69, 9.17) is 10.5 Å². The zero-order valence-electron chi connectivity index (χ0n) is 17.1. The van der Waals surface area contributed by atoms with Crippen molar-refractivity contribution in [1.82, 2.24) is 4.98 Å². The van der Waals surface area contributed by atoms with Gasteiger partial charge < -0.3 is 14.8 Å². The smallest absolute Gasteiger partial charge is 0.229 e. The third kappa shape index (κ3) is 4.82. The number of aromatic amines is 1. The number of fused-ring (bicyclic) bond motifs is 3. The summed E-state index contributed by atoms with van der Waals surface area (Å²) in [6.07, 6.45) is 1.73. The number of sulfonamides is 1. The third-order valence-corrected chi connectivity index (χ3v) is 5.73. The number of aromatic nitrogens is 1. The number of H-pyrrole nitrogens is 1. The Bertz CT molecular complexity index is 1330. The molecule has 1 heterocycles. The van der Waals surface area contributed by atoms with Crippen LogP contribution in [0, 0.1) is 0 Å². The highest BCUT2D eigenvalue weighted by molar-refractivity contribution is 7.92. The molecule has 8 heteroatoms. The van der Waals surface area contributed by atoms with Crippen LogP contribution in [0.5, 0.6) is 5.75 Å². The monoisotopic (exact) mass is 439 g/mol. The fourth-order valence-electron chi connectivity index (χ4n) is 3.74. The van der Waals surface area contributed by atoms with Gasteiger partial charge in [0.15, 0.2) is 0 Å². The van der Waals surface area contributed by atoms with Gasteiger partial charge in [0.2, 0.25) is 10.0 Å². The number of ether oxygens (including phenoxy) is 1. The third-order valence-electron chi connectivity index (χ3n) is 5.14. The molecule has 0 saturated heterocycles. The molecule has 0 bridgehead atoms. The molecule has 1 aromatic heterocycles. The fraction of sp³-hybridized carbons (Fsp3) is 0.217. The van der Waals surface area contributed by atoms with Gasteiger partial charge in [0.05, 0.1) is 24.1 Å². The summed E-state index contributed by atoms with van der Waals surface area (Å²) < 4.78 is 31.4. The fourth-order valence-corrected chi connectivity index (χ4v) is 4.32. The van der Waals surface area contributed by atoms with E-state index in [2.05, 4.69) is 15.8 Å². The van der Waals surface area contributed by atoms with Crippen molar-refractivity contribution in [1.29, 1.82) is 0 Å². The van der Waals surface area contributed by atoms with Crippen LogP contribution in [-0.4, -0.2) is 31.4 Å². The standard InChI is InChI=1S/C23H25N3O4S/c1-31(28,29)26-21-10-5-3-8-19(21)23(24,27)13-6-14-30-16-11-12-18-17-7-2-4-9-20(17)25-22(18)15-16/h2-5,7-12,15,25-27H,6,13-14,24H2,1H3. The van der Waals surface area contributed by atoms with Gasteiger partial charge in [-0.2, -0.15) is 0 Å². The number of rotatable bonds is 8. The average Bonchev–Trinajstić information content (AvgIpc) is 3.08. The minimum absolute atomic E-state index is 0.198. The minimum atomic E-state index is -3.49. The lowest BCUT2D eigenvalue weighted by atomic mass is 9.97. The number of hydrogen-bond acceptors (Lipinski definition) is 5. The molecule has 1 unspecified atom stereocenters. The van der Waals surface area contributed by atoms with Crippen LogP contribution in [0.1, 0.15) is 18.4 Å². The number of hydrogen-bond donors (Lipinski definition) is 4. The molecule has 4 rings (SSSR count). The Hall–Kier alpha value is -3.07. The molecule has 0 amide bonds. The van der Waals surface area contributed by atoms with Crippen LogP contribution in [0.15, 0.2) is 66.7 Å². The number of anilines is 1. The summed E-state index contributed by atoms with van der Waals surface area (Å²) in [7, 11) is -3.49. The van der Waals surface area contributed by atoms with Crippen molar-refractivity contribution in [3.05, 3.63) is 72.3 Å². The Kier molecular flexibility index (Phi) is 5.62. The molecule has 0 aliphatic rings. The van der Waals surface area contributed by atoms with Gasteiger partial charge in [0.25, 0.3) is 0 Å². The molecule has 4 aromatic rings. The number of nitrogens with two attached hydrogens (primary N) is 1. The predicted octanol–water partition coefficient (Wildman–Crippen LogP) is 3.66. The van der Waals surface area contributed by atoms with Gasteiger partial charge >= 0.3 is 0 Å². The maximum atomic E-state index is 11.6. The molecule has 0 spiro atoms. The van der Waals surface area contributed by atoms with E-state index in [0.29, 0.717) is 18.6 Å². The zero-order chi connectivity index (χ0) is 22.1. The Morgan fingerprint density at radius 2 is 1.74 bits per heavy atom. The van der Waals surface area contributed by atoms with Gasteiger partial charge in [-0.25, -0.2) is 8.42 Å². The van der Waals surface area contributed by atoms with Crippen LogP contribution in [0.25, 0.3) is 21.8 Å². The molecule has 7 nitrogen and oxygen atoms in total. The summed E-state index contributed by atoms with van der Waals surface area (Å²) in [5.74, 6) is 0.721. The molecule has 0 aliphatic heterocycles. The van der Waals surface area contributed by atoms with Crippen molar-refractivity contribution in [2.24, 2.45) is 5.73 Å². The summed E-state index contributed by atoms with van der Waals surface area (Å²) in [6.45, 7) is 0.354. The Balaban J connectivity index is 1.41. The summed E-state index contributed by atoms with van der Waals surface area (Å²) >= 11 is 0. The van der Waals surface area contributed by atoms with E-state index in [1.807, 2.05) is 36.4 Å². The van der Waals surface area contributed by atoms with Crippen LogP contribution in [0.2, 0.25) is 0 Å². The maximum Gasteiger partial charge on any atom is 0.229 e. The molecule has 162 valence electrons. The van der Waals surface area contributed by atoms with Crippen molar-refractivity contribution >= 4 is 37.5 Å². The van der Waals surface area contributed by atoms with Crippen LogP contribution >= 0.6 is 0 Å². The summed E-state index contributed by atoms with van der Waals surface area (Å²) in [5.41, 5.74) is 7.07. The Morgan fingerprint density at radius 3 is 2.55 bits per heavy atom. The van der Waals surface area contributed by atoms with Gasteiger partial charge in [0, 0.05) is 27.9 Å². The Labute approximate surface area is 180 Å². The van der Waals surface area contributed by atoms with E-state index in [-0.39, 0.29) is 12.1 Å². The second-order valence-electron chi connectivity index (χ2n) is 7.67. The lowest BCUT2D eigenvalue weighted by Gasteiger charge is -2.26. The highest BCUT2D eigenvalue weighted by Crippen LogP contribution is 2.30. The van der Waals surface area contributed by atoms with Crippen LogP contribution in [0.4, 0.5) is 5.69 Å². The molecule has 31 heavy (non-hydrogen) atoms. The highest BCUT2D eigenvalue weighted by atomic mass is 32.2. The first kappa shape index (κ1) is 21.2. The van der Waals surface area contributed by atoms with Gasteiger partial charge in [-0.3, -0.25) is 10.5 Å². The molecule has 0 fully saturated rings. The van der Waals surface area contributed by atoms with Crippen molar-refractivity contribution in [2.75, 3.05) is 17.6 Å². The summed E-state index contributed by atoms with van der Waals surface area (Å²) in [5, 5.41) is 13.1. The molecule has 0 saturated carbocycles. The number of aliphatic hydroxyl groups is 1. The van der Waals surface area contributed by atoms with Crippen molar-refractivity contribution in [3.63, 3.8) is 0 Å². The van der Waals surface area contributed by atoms with Gasteiger partial charge in [0.1, 0.15) is 11.5 Å². The Morgan fingerprint density at radius 1 is 1.03 bits per heavy atom. The van der Waals surface area contributed by atoms with E-state index in [1.54, 1.807) is 24.3 Å². The molecule has 0 radical (unpaired) electrons. The van der Waals surface area contributed by atoms with Gasteiger partial charge in [-0.15, -0.1) is 0 Å². The maximum absolute atomic E-state index is 11.6. The quantitative estimate of drug-likeness (QED) is 0.247. The second-order valence-corrected chi connectivity index (χ2v) is 9.42. The van der Waals surface area contributed by atoms with Crippen LogP contribution < -0.4 is 15.2 Å². The van der Waals surface area contributed by atoms with E-state index in [1.165, 1.54) is 5.39 Å². The first-order chi connectivity index (χ1) is 14.7. The van der Waals surface area contributed by atoms with Crippen LogP contribution in [-0.2, 0) is 15.7 Å². The zero-order valence-corrected chi connectivity index (χ0v) is 17.9. The lowest BCUT2D eigenvalue weighted by molar-refractivity contribution is 0.0292. The number of para-hydroxylation sites is 2. The van der Waals surface area contributed by atoms with Gasteiger partial charge in [-0.1, -0.05) is 36.4 Å². The van der Waals surface area contributed by atoms with E-state index in [0.717, 1.165) is 28.4 Å². The topological polar surface area (TPSA) is 117 Å². The van der Waals surface area contributed by atoms with Crippen LogP contribution in [0.3, 0.4) is 0 Å². The lowest BCUT2D eigenvalue weighted by Crippen LogP contribution is -2.37. The highest BCUT2D eigenvalue weighted by Gasteiger charge is 2.27. The van der Waals surface area contributed by atoms with Gasteiger partial charge in [-0.05, 0) is 37.1 Å². The van der Waals surface area contributed by atoms with Crippen molar-refractivity contribution < 1.29 is 18.3 Å². The number of nitrogens with one attached hydrogen (secondary N) is 2. The normalized spacial score (nSPS) is 13.9. The largest absolute Gasteiger partial charge is 0.494 e. The molecular weight excluding hydrogens is 414 g/mol. The number of benzene rings is 3. The average molecular weight is 440 g/mol. The molecular formula is C23H25N3O4S. The summed E-state index contributed by atoms with van der Waals surface area (Å²) in [6, 6.07) is 20.6. The van der Waals surface area contributed by atoms with Crippen molar-refractivity contribution in [2.45, 2.75) is 18.6 Å². The van der Waals surface area contributed by atoms with E-state index in [9.17, 15) is 13.5 Å². The van der Waals surface area contributed by atoms with Crippen molar-refractivity contribution in [3.8, 4) is 5.75 Å². The predicted molar refractivity (Wildman–Crippen MR) is 124 cm³/mol. The minimum Gasteiger partial charge on any atom is -0.494 e.